The number of rotatable bonds is 5. The number of hydrogen-bond acceptors (Lipinski definition) is 2. The molecule has 0 aliphatic rings. The average Bonchev–Trinajstić information content (AvgIpc) is 2.46. The Labute approximate surface area is 124 Å². The Balaban J connectivity index is 2.53. The van der Waals surface area contributed by atoms with Crippen LogP contribution in [-0.2, 0) is 0 Å². The predicted molar refractivity (Wildman–Crippen MR) is 80.2 cm³/mol. The molecule has 1 N–H and O–H groups in total. The molecular formula is C17H20F2N2. The second kappa shape index (κ2) is 6.76. The zero-order valence-corrected chi connectivity index (χ0v) is 12.6. The van der Waals surface area contributed by atoms with Gasteiger partial charge in [-0.1, -0.05) is 13.0 Å². The first-order valence-corrected chi connectivity index (χ1v) is 7.15. The number of pyridine rings is 1. The molecule has 0 spiro atoms. The molecule has 0 saturated heterocycles. The fourth-order valence-electron chi connectivity index (χ4n) is 2.30. The Bertz CT molecular complexity index is 626. The molecule has 21 heavy (non-hydrogen) atoms. The molecule has 0 bridgehead atoms. The summed E-state index contributed by atoms with van der Waals surface area (Å²) < 4.78 is 28.6. The first kappa shape index (κ1) is 15.6. The maximum atomic E-state index is 14.4. The Kier molecular flexibility index (Phi) is 5.02. The smallest absolute Gasteiger partial charge is 0.134 e. The third-order valence-electron chi connectivity index (χ3n) is 3.44. The van der Waals surface area contributed by atoms with Crippen molar-refractivity contribution in [2.75, 3.05) is 6.54 Å². The molecule has 1 unspecified atom stereocenters. The lowest BCUT2D eigenvalue weighted by molar-refractivity contribution is 0.494. The molecule has 1 heterocycles. The van der Waals surface area contributed by atoms with Crippen molar-refractivity contribution in [1.29, 1.82) is 0 Å². The van der Waals surface area contributed by atoms with Crippen molar-refractivity contribution in [3.05, 3.63) is 64.5 Å². The summed E-state index contributed by atoms with van der Waals surface area (Å²) in [5, 5.41) is 3.20. The summed E-state index contributed by atoms with van der Waals surface area (Å²) in [6, 6.07) is 5.90. The van der Waals surface area contributed by atoms with Crippen LogP contribution in [0.25, 0.3) is 0 Å². The van der Waals surface area contributed by atoms with Crippen LogP contribution in [0.4, 0.5) is 8.78 Å². The lowest BCUT2D eigenvalue weighted by atomic mass is 9.98. The van der Waals surface area contributed by atoms with Gasteiger partial charge in [0.05, 0.1) is 11.7 Å². The van der Waals surface area contributed by atoms with Crippen molar-refractivity contribution in [3.8, 4) is 0 Å². The summed E-state index contributed by atoms with van der Waals surface area (Å²) in [4.78, 5) is 4.29. The number of nitrogens with one attached hydrogen (secondary N) is 1. The fourth-order valence-corrected chi connectivity index (χ4v) is 2.30. The van der Waals surface area contributed by atoms with Crippen molar-refractivity contribution in [2.24, 2.45) is 0 Å². The van der Waals surface area contributed by atoms with Crippen LogP contribution in [0, 0.1) is 25.5 Å². The number of nitrogens with zero attached hydrogens (tertiary/aromatic N) is 1. The Morgan fingerprint density at radius 3 is 2.62 bits per heavy atom. The zero-order valence-electron chi connectivity index (χ0n) is 12.6. The third kappa shape index (κ3) is 3.45. The van der Waals surface area contributed by atoms with Gasteiger partial charge < -0.3 is 5.32 Å². The number of hydrogen-bond donors (Lipinski definition) is 1. The average molecular weight is 290 g/mol. The van der Waals surface area contributed by atoms with Gasteiger partial charge in [-0.15, -0.1) is 0 Å². The summed E-state index contributed by atoms with van der Waals surface area (Å²) >= 11 is 0. The van der Waals surface area contributed by atoms with Gasteiger partial charge in [0.2, 0.25) is 0 Å². The number of aryl methyl sites for hydroxylation is 2. The number of benzene rings is 1. The monoisotopic (exact) mass is 290 g/mol. The van der Waals surface area contributed by atoms with Crippen LogP contribution in [0.1, 0.15) is 41.8 Å². The van der Waals surface area contributed by atoms with E-state index < -0.39 is 17.7 Å². The minimum Gasteiger partial charge on any atom is -0.305 e. The highest BCUT2D eigenvalue weighted by Crippen LogP contribution is 2.28. The van der Waals surface area contributed by atoms with Crippen LogP contribution in [0.15, 0.2) is 30.5 Å². The van der Waals surface area contributed by atoms with Gasteiger partial charge in [-0.3, -0.25) is 4.98 Å². The van der Waals surface area contributed by atoms with Crippen molar-refractivity contribution < 1.29 is 8.78 Å². The molecule has 2 rings (SSSR count). The fraction of sp³-hybridized carbons (Fsp3) is 0.353. The van der Waals surface area contributed by atoms with E-state index in [1.165, 1.54) is 12.1 Å². The van der Waals surface area contributed by atoms with E-state index in [4.69, 9.17) is 0 Å². The predicted octanol–water partition coefficient (Wildman–Crippen LogP) is 4.07. The largest absolute Gasteiger partial charge is 0.305 e. The quantitative estimate of drug-likeness (QED) is 0.898. The Morgan fingerprint density at radius 1 is 1.19 bits per heavy atom. The molecule has 0 amide bonds. The second-order valence-electron chi connectivity index (χ2n) is 5.24. The summed E-state index contributed by atoms with van der Waals surface area (Å²) in [6.07, 6.45) is 2.54. The number of aromatic nitrogens is 1. The van der Waals surface area contributed by atoms with Crippen LogP contribution in [0.5, 0.6) is 0 Å². The van der Waals surface area contributed by atoms with Crippen molar-refractivity contribution >= 4 is 0 Å². The van der Waals surface area contributed by atoms with Crippen LogP contribution in [-0.4, -0.2) is 11.5 Å². The maximum Gasteiger partial charge on any atom is 0.134 e. The van der Waals surface area contributed by atoms with E-state index in [0.29, 0.717) is 17.8 Å². The van der Waals surface area contributed by atoms with Gasteiger partial charge in [-0.25, -0.2) is 8.78 Å². The van der Waals surface area contributed by atoms with E-state index >= 15 is 0 Å². The standard InChI is InChI=1S/C17H20F2N2/c1-4-8-21-17(14-10-11(2)7-9-20-14)15-13(18)6-5-12(3)16(15)19/h5-7,9-10,17,21H,4,8H2,1-3H3. The molecule has 0 aliphatic heterocycles. The Morgan fingerprint density at radius 2 is 1.95 bits per heavy atom. The normalized spacial score (nSPS) is 12.4. The van der Waals surface area contributed by atoms with Crippen LogP contribution >= 0.6 is 0 Å². The minimum atomic E-state index is -0.579. The molecule has 4 heteroatoms. The van der Waals surface area contributed by atoms with E-state index in [0.717, 1.165) is 12.0 Å². The topological polar surface area (TPSA) is 24.9 Å². The van der Waals surface area contributed by atoms with Gasteiger partial charge in [0.1, 0.15) is 11.6 Å². The highest BCUT2D eigenvalue weighted by molar-refractivity contribution is 5.35. The zero-order chi connectivity index (χ0) is 15.4. The summed E-state index contributed by atoms with van der Waals surface area (Å²) in [5.41, 5.74) is 2.12. The molecule has 2 aromatic rings. The molecular weight excluding hydrogens is 270 g/mol. The van der Waals surface area contributed by atoms with E-state index in [9.17, 15) is 8.78 Å². The van der Waals surface area contributed by atoms with Gasteiger partial charge in [0.25, 0.3) is 0 Å². The van der Waals surface area contributed by atoms with E-state index in [1.54, 1.807) is 13.1 Å². The lowest BCUT2D eigenvalue weighted by Crippen LogP contribution is -2.26. The first-order chi connectivity index (χ1) is 10.0. The number of halogens is 2. The minimum absolute atomic E-state index is 0.0431. The van der Waals surface area contributed by atoms with Gasteiger partial charge >= 0.3 is 0 Å². The molecule has 0 saturated carbocycles. The second-order valence-corrected chi connectivity index (χ2v) is 5.24. The Hall–Kier alpha value is -1.81. The van der Waals surface area contributed by atoms with Crippen LogP contribution < -0.4 is 5.32 Å². The van der Waals surface area contributed by atoms with Gasteiger partial charge in [-0.2, -0.15) is 0 Å². The third-order valence-corrected chi connectivity index (χ3v) is 3.44. The van der Waals surface area contributed by atoms with Gasteiger partial charge in [-0.05, 0) is 56.1 Å². The summed E-state index contributed by atoms with van der Waals surface area (Å²) in [7, 11) is 0. The summed E-state index contributed by atoms with van der Waals surface area (Å²) in [5.74, 6) is -1.05. The highest BCUT2D eigenvalue weighted by Gasteiger charge is 2.23. The van der Waals surface area contributed by atoms with E-state index in [2.05, 4.69) is 10.3 Å². The molecule has 1 aromatic carbocycles. The molecule has 1 aromatic heterocycles. The van der Waals surface area contributed by atoms with Gasteiger partial charge in [0, 0.05) is 11.8 Å². The molecule has 1 atom stereocenters. The lowest BCUT2D eigenvalue weighted by Gasteiger charge is -2.21. The molecule has 2 nitrogen and oxygen atoms in total. The molecule has 0 radical (unpaired) electrons. The maximum absolute atomic E-state index is 14.4. The highest BCUT2D eigenvalue weighted by atomic mass is 19.1. The van der Waals surface area contributed by atoms with Crippen molar-refractivity contribution in [2.45, 2.75) is 33.2 Å². The molecule has 0 aliphatic carbocycles. The van der Waals surface area contributed by atoms with Crippen molar-refractivity contribution in [3.63, 3.8) is 0 Å². The molecule has 0 fully saturated rings. The van der Waals surface area contributed by atoms with E-state index in [1.807, 2.05) is 26.0 Å². The SMILES string of the molecule is CCCNC(c1cc(C)ccn1)c1c(F)ccc(C)c1F. The van der Waals surface area contributed by atoms with Gasteiger partial charge in [0.15, 0.2) is 0 Å². The van der Waals surface area contributed by atoms with E-state index in [-0.39, 0.29) is 5.56 Å². The van der Waals surface area contributed by atoms with Crippen molar-refractivity contribution in [1.82, 2.24) is 10.3 Å². The van der Waals surface area contributed by atoms with Crippen LogP contribution in [0.3, 0.4) is 0 Å². The summed E-state index contributed by atoms with van der Waals surface area (Å²) in [6.45, 7) is 6.24. The molecule has 112 valence electrons. The first-order valence-electron chi connectivity index (χ1n) is 7.15. The van der Waals surface area contributed by atoms with Crippen LogP contribution in [0.2, 0.25) is 0 Å².